The fourth-order valence-electron chi connectivity index (χ4n) is 2.66. The highest BCUT2D eigenvalue weighted by Gasteiger charge is 2.47. The summed E-state index contributed by atoms with van der Waals surface area (Å²) in [5, 5.41) is 8.87. The molecule has 2 N–H and O–H groups in total. The molecule has 1 atom stereocenters. The number of aromatic amines is 1. The van der Waals surface area contributed by atoms with Gasteiger partial charge in [0.25, 0.3) is 5.91 Å². The van der Waals surface area contributed by atoms with Crippen LogP contribution in [0, 0.1) is 0 Å². The minimum atomic E-state index is -2.39. The number of aryl methyl sites for hydroxylation is 1. The van der Waals surface area contributed by atoms with Crippen LogP contribution in [0.1, 0.15) is 16.8 Å². The summed E-state index contributed by atoms with van der Waals surface area (Å²) in [5.74, 6) is -2.00. The molecule has 0 radical (unpaired) electrons. The predicted octanol–water partition coefficient (Wildman–Crippen LogP) is 0.505. The van der Waals surface area contributed by atoms with Crippen molar-refractivity contribution in [3.05, 3.63) is 34.2 Å². The smallest absolute Gasteiger partial charge is 0.343 e. The predicted molar refractivity (Wildman–Crippen MR) is 75.5 cm³/mol. The molecule has 2 heterocycles. The average molecular weight is 307 g/mol. The Balaban J connectivity index is 1.92. The summed E-state index contributed by atoms with van der Waals surface area (Å²) in [6.07, 6.45) is -0.223. The Hall–Kier alpha value is -2.64. The number of rotatable bonds is 2. The molecule has 1 amide bonds. The fourth-order valence-corrected chi connectivity index (χ4v) is 2.66. The number of aliphatic carboxylic acids is 1. The Morgan fingerprint density at radius 1 is 1.41 bits per heavy atom. The number of carboxylic acid groups (broad SMARTS) is 1. The normalized spacial score (nSPS) is 21.5. The fraction of sp³-hybridized carbons (Fsp3) is 0.357. The second kappa shape index (κ2) is 4.69. The molecule has 1 saturated heterocycles. The van der Waals surface area contributed by atoms with E-state index in [4.69, 9.17) is 5.11 Å². The Morgan fingerprint density at radius 3 is 2.77 bits per heavy atom. The molecule has 0 aliphatic carbocycles. The third-order valence-electron chi connectivity index (χ3n) is 4.04. The number of halogens is 1. The van der Waals surface area contributed by atoms with Crippen LogP contribution in [0.5, 0.6) is 0 Å². The first-order chi connectivity index (χ1) is 10.3. The number of nitrogens with zero attached hydrogens (tertiary/aromatic N) is 2. The van der Waals surface area contributed by atoms with Crippen molar-refractivity contribution in [1.29, 1.82) is 0 Å². The highest BCUT2D eigenvalue weighted by molar-refractivity contribution is 5.98. The zero-order valence-electron chi connectivity index (χ0n) is 11.8. The number of carbonyl (C=O) groups is 2. The molecule has 0 bridgehead atoms. The zero-order chi connectivity index (χ0) is 16.1. The lowest BCUT2D eigenvalue weighted by Crippen LogP contribution is -2.38. The molecule has 1 aromatic heterocycles. The second-order valence-electron chi connectivity index (χ2n) is 5.47. The number of hydrogen-bond acceptors (Lipinski definition) is 3. The van der Waals surface area contributed by atoms with E-state index < -0.39 is 24.1 Å². The van der Waals surface area contributed by atoms with Gasteiger partial charge >= 0.3 is 11.7 Å². The number of alkyl halides is 1. The largest absolute Gasteiger partial charge is 0.479 e. The van der Waals surface area contributed by atoms with Crippen LogP contribution in [-0.2, 0) is 11.8 Å². The van der Waals surface area contributed by atoms with E-state index in [2.05, 4.69) is 4.98 Å². The number of amides is 1. The first-order valence-corrected chi connectivity index (χ1v) is 6.72. The van der Waals surface area contributed by atoms with Crippen LogP contribution in [0.3, 0.4) is 0 Å². The van der Waals surface area contributed by atoms with Crippen LogP contribution in [-0.4, -0.2) is 50.2 Å². The summed E-state index contributed by atoms with van der Waals surface area (Å²) in [5.41, 5.74) is -1.25. The van der Waals surface area contributed by atoms with Gasteiger partial charge in [-0.3, -0.25) is 9.36 Å². The van der Waals surface area contributed by atoms with Crippen LogP contribution in [0.15, 0.2) is 23.0 Å². The molecular weight excluding hydrogens is 293 g/mol. The van der Waals surface area contributed by atoms with Crippen molar-refractivity contribution < 1.29 is 19.1 Å². The van der Waals surface area contributed by atoms with E-state index in [9.17, 15) is 18.8 Å². The number of carbonyl (C=O) groups excluding carboxylic acids is 1. The molecule has 2 aromatic rings. The van der Waals surface area contributed by atoms with E-state index in [1.165, 1.54) is 21.6 Å². The summed E-state index contributed by atoms with van der Waals surface area (Å²) in [6.45, 7) is -0.420. The van der Waals surface area contributed by atoms with Gasteiger partial charge in [-0.15, -0.1) is 0 Å². The third-order valence-corrected chi connectivity index (χ3v) is 4.04. The third kappa shape index (κ3) is 2.07. The van der Waals surface area contributed by atoms with Crippen molar-refractivity contribution in [1.82, 2.24) is 14.5 Å². The molecule has 1 fully saturated rings. The van der Waals surface area contributed by atoms with Gasteiger partial charge in [-0.1, -0.05) is 0 Å². The van der Waals surface area contributed by atoms with E-state index >= 15 is 0 Å². The number of likely N-dealkylation sites (tertiary alicyclic amines) is 1. The lowest BCUT2D eigenvalue weighted by Gasteiger charge is -2.17. The molecule has 116 valence electrons. The molecule has 3 rings (SSSR count). The van der Waals surface area contributed by atoms with Crippen molar-refractivity contribution in [2.24, 2.45) is 7.05 Å². The van der Waals surface area contributed by atoms with Crippen LogP contribution in [0.2, 0.25) is 0 Å². The number of fused-ring (bicyclic) bond motifs is 1. The summed E-state index contributed by atoms with van der Waals surface area (Å²) in [6, 6.07) is 4.66. The van der Waals surface area contributed by atoms with Crippen LogP contribution in [0.25, 0.3) is 11.0 Å². The van der Waals surface area contributed by atoms with Crippen molar-refractivity contribution in [2.75, 3.05) is 13.1 Å². The Kier molecular flexibility index (Phi) is 3.05. The lowest BCUT2D eigenvalue weighted by atomic mass is 10.1. The van der Waals surface area contributed by atoms with Gasteiger partial charge in [0.2, 0.25) is 5.67 Å². The van der Waals surface area contributed by atoms with Gasteiger partial charge in [0.05, 0.1) is 17.6 Å². The van der Waals surface area contributed by atoms with E-state index in [0.29, 0.717) is 11.0 Å². The molecule has 1 aliphatic rings. The number of imidazole rings is 1. The van der Waals surface area contributed by atoms with Gasteiger partial charge in [0.15, 0.2) is 0 Å². The first-order valence-electron chi connectivity index (χ1n) is 6.72. The highest BCUT2D eigenvalue weighted by atomic mass is 19.1. The van der Waals surface area contributed by atoms with Crippen LogP contribution >= 0.6 is 0 Å². The van der Waals surface area contributed by atoms with Gasteiger partial charge in [-0.05, 0) is 18.2 Å². The minimum Gasteiger partial charge on any atom is -0.479 e. The number of carboxylic acids is 1. The van der Waals surface area contributed by atoms with E-state index in [-0.39, 0.29) is 24.2 Å². The van der Waals surface area contributed by atoms with Crippen molar-refractivity contribution in [3.63, 3.8) is 0 Å². The summed E-state index contributed by atoms with van der Waals surface area (Å²) in [4.78, 5) is 38.6. The monoisotopic (exact) mass is 307 g/mol. The maximum atomic E-state index is 14.0. The maximum Gasteiger partial charge on any atom is 0.343 e. The number of benzene rings is 1. The van der Waals surface area contributed by atoms with Gasteiger partial charge in [-0.2, -0.15) is 0 Å². The molecule has 1 aliphatic heterocycles. The first kappa shape index (κ1) is 14.3. The van der Waals surface area contributed by atoms with Crippen molar-refractivity contribution in [2.45, 2.75) is 12.1 Å². The van der Waals surface area contributed by atoms with Crippen molar-refractivity contribution >= 4 is 22.9 Å². The van der Waals surface area contributed by atoms with E-state index in [0.717, 1.165) is 0 Å². The Labute approximate surface area is 124 Å². The molecule has 0 spiro atoms. The summed E-state index contributed by atoms with van der Waals surface area (Å²) in [7, 11) is 1.57. The van der Waals surface area contributed by atoms with Gasteiger partial charge in [0.1, 0.15) is 0 Å². The number of nitrogens with one attached hydrogen (secondary N) is 1. The quantitative estimate of drug-likeness (QED) is 0.845. The zero-order valence-corrected chi connectivity index (χ0v) is 11.8. The number of aromatic nitrogens is 2. The topological polar surface area (TPSA) is 95.4 Å². The molecule has 0 unspecified atom stereocenters. The second-order valence-corrected chi connectivity index (χ2v) is 5.47. The summed E-state index contributed by atoms with van der Waals surface area (Å²) < 4.78 is 15.4. The van der Waals surface area contributed by atoms with Gasteiger partial charge < -0.3 is 15.0 Å². The molecule has 7 nitrogen and oxygen atoms in total. The molecule has 22 heavy (non-hydrogen) atoms. The minimum absolute atomic E-state index is 0.0474. The molecule has 8 heteroatoms. The van der Waals surface area contributed by atoms with E-state index in [1.54, 1.807) is 13.1 Å². The van der Waals surface area contributed by atoms with Gasteiger partial charge in [-0.25, -0.2) is 14.0 Å². The average Bonchev–Trinajstić information content (AvgIpc) is 3.01. The SMILES string of the molecule is Cn1c(=O)[nH]c2ccc(C(=O)N3CC[C@@](F)(C(=O)O)C3)cc21. The molecule has 0 saturated carbocycles. The highest BCUT2D eigenvalue weighted by Crippen LogP contribution is 2.27. The lowest BCUT2D eigenvalue weighted by molar-refractivity contribution is -0.149. The van der Waals surface area contributed by atoms with Gasteiger partial charge in [0, 0.05) is 25.6 Å². The molecule has 1 aromatic carbocycles. The number of hydrogen-bond donors (Lipinski definition) is 2. The van der Waals surface area contributed by atoms with E-state index in [1.807, 2.05) is 0 Å². The van der Waals surface area contributed by atoms with Crippen LogP contribution < -0.4 is 5.69 Å². The standard InChI is InChI=1S/C14H14FN3O4/c1-17-10-6-8(2-3-9(10)16-13(17)22)11(19)18-5-4-14(15,7-18)12(20)21/h2-3,6H,4-5,7H2,1H3,(H,16,22)(H,20,21)/t14-/m0/s1. The maximum absolute atomic E-state index is 14.0. The summed E-state index contributed by atoms with van der Waals surface area (Å²) >= 11 is 0. The van der Waals surface area contributed by atoms with Crippen LogP contribution in [0.4, 0.5) is 4.39 Å². The van der Waals surface area contributed by atoms with Crippen molar-refractivity contribution in [3.8, 4) is 0 Å². The number of H-pyrrole nitrogens is 1. The Morgan fingerprint density at radius 2 is 2.14 bits per heavy atom. The Bertz CT molecular complexity index is 840. The molecular formula is C14H14FN3O4.